The van der Waals surface area contributed by atoms with Gasteiger partial charge in [0, 0.05) is 5.69 Å². The molecule has 5 heteroatoms. The van der Waals surface area contributed by atoms with Crippen molar-refractivity contribution in [2.24, 2.45) is 0 Å². The minimum Gasteiger partial charge on any atom is -0.494 e. The molecule has 0 aliphatic carbocycles. The molecule has 0 bridgehead atoms. The summed E-state index contributed by atoms with van der Waals surface area (Å²) in [5.41, 5.74) is 1.04. The van der Waals surface area contributed by atoms with Gasteiger partial charge in [0.05, 0.1) is 13.0 Å². The van der Waals surface area contributed by atoms with Gasteiger partial charge in [-0.3, -0.25) is 4.79 Å². The van der Waals surface area contributed by atoms with Gasteiger partial charge < -0.3 is 10.1 Å². The van der Waals surface area contributed by atoms with E-state index in [9.17, 15) is 13.6 Å². The molecule has 0 saturated carbocycles. The quantitative estimate of drug-likeness (QED) is 0.772. The number of anilines is 1. The summed E-state index contributed by atoms with van der Waals surface area (Å²) >= 11 is 0. The van der Waals surface area contributed by atoms with Gasteiger partial charge in [-0.1, -0.05) is 19.4 Å². The van der Waals surface area contributed by atoms with E-state index in [4.69, 9.17) is 4.74 Å². The highest BCUT2D eigenvalue weighted by Gasteiger charge is 2.08. The molecule has 0 saturated heterocycles. The lowest BCUT2D eigenvalue weighted by Crippen LogP contribution is -2.14. The maximum absolute atomic E-state index is 13.1. The summed E-state index contributed by atoms with van der Waals surface area (Å²) in [6, 6.07) is 10.5. The Hall–Kier alpha value is -2.43. The van der Waals surface area contributed by atoms with Gasteiger partial charge in [0.25, 0.3) is 0 Å². The number of amides is 1. The summed E-state index contributed by atoms with van der Waals surface area (Å²) in [4.78, 5) is 11.9. The number of nitrogens with one attached hydrogen (secondary N) is 1. The second-order valence-corrected chi connectivity index (χ2v) is 5.20. The van der Waals surface area contributed by atoms with Crippen LogP contribution in [0.4, 0.5) is 14.5 Å². The van der Waals surface area contributed by atoms with Crippen molar-refractivity contribution in [3.8, 4) is 5.75 Å². The molecule has 0 aromatic heterocycles. The molecule has 0 heterocycles. The molecule has 0 aliphatic rings. The smallest absolute Gasteiger partial charge is 0.228 e. The first-order chi connectivity index (χ1) is 11.1. The van der Waals surface area contributed by atoms with Crippen LogP contribution < -0.4 is 10.1 Å². The van der Waals surface area contributed by atoms with E-state index in [1.165, 1.54) is 6.07 Å². The van der Waals surface area contributed by atoms with Gasteiger partial charge in [0.15, 0.2) is 11.6 Å². The number of halogens is 2. The fraction of sp³-hybridized carbons (Fsp3) is 0.278. The number of hydrogen-bond acceptors (Lipinski definition) is 2. The zero-order valence-electron chi connectivity index (χ0n) is 12.9. The third-order valence-electron chi connectivity index (χ3n) is 3.25. The normalized spacial score (nSPS) is 10.4. The number of rotatable bonds is 7. The average Bonchev–Trinajstić information content (AvgIpc) is 2.53. The summed E-state index contributed by atoms with van der Waals surface area (Å²) in [5, 5.41) is 2.71. The van der Waals surface area contributed by atoms with E-state index in [1.54, 1.807) is 24.3 Å². The minimum absolute atomic E-state index is 0.0219. The lowest BCUT2D eigenvalue weighted by molar-refractivity contribution is -0.115. The summed E-state index contributed by atoms with van der Waals surface area (Å²) in [7, 11) is 0. The van der Waals surface area contributed by atoms with Gasteiger partial charge in [-0.2, -0.15) is 0 Å². The lowest BCUT2D eigenvalue weighted by Gasteiger charge is -2.08. The van der Waals surface area contributed by atoms with Crippen LogP contribution in [-0.2, 0) is 11.2 Å². The Kier molecular flexibility index (Phi) is 6.09. The van der Waals surface area contributed by atoms with Crippen molar-refractivity contribution in [3.05, 3.63) is 59.7 Å². The largest absolute Gasteiger partial charge is 0.494 e. The van der Waals surface area contributed by atoms with Crippen LogP contribution in [0.25, 0.3) is 0 Å². The highest BCUT2D eigenvalue weighted by Crippen LogP contribution is 2.17. The van der Waals surface area contributed by atoms with Crippen molar-refractivity contribution in [3.63, 3.8) is 0 Å². The molecule has 122 valence electrons. The molecule has 2 aromatic carbocycles. The SMILES string of the molecule is CCCCOc1ccc(NC(=O)Cc2ccc(F)c(F)c2)cc1. The molecule has 0 atom stereocenters. The number of hydrogen-bond donors (Lipinski definition) is 1. The summed E-state index contributed by atoms with van der Waals surface area (Å²) < 4.78 is 31.5. The van der Waals surface area contributed by atoms with E-state index in [0.717, 1.165) is 30.7 Å². The van der Waals surface area contributed by atoms with Crippen molar-refractivity contribution in [1.29, 1.82) is 0 Å². The van der Waals surface area contributed by atoms with Crippen LogP contribution in [0.5, 0.6) is 5.75 Å². The van der Waals surface area contributed by atoms with E-state index in [0.29, 0.717) is 17.9 Å². The number of benzene rings is 2. The predicted molar refractivity (Wildman–Crippen MR) is 85.5 cm³/mol. The molecule has 0 aliphatic heterocycles. The van der Waals surface area contributed by atoms with Gasteiger partial charge in [-0.25, -0.2) is 8.78 Å². The van der Waals surface area contributed by atoms with Crippen molar-refractivity contribution in [2.75, 3.05) is 11.9 Å². The second-order valence-electron chi connectivity index (χ2n) is 5.20. The number of carbonyl (C=O) groups is 1. The Morgan fingerprint density at radius 2 is 1.83 bits per heavy atom. The van der Waals surface area contributed by atoms with Crippen LogP contribution in [0.15, 0.2) is 42.5 Å². The average molecular weight is 319 g/mol. The highest BCUT2D eigenvalue weighted by atomic mass is 19.2. The first kappa shape index (κ1) is 16.9. The Morgan fingerprint density at radius 1 is 1.09 bits per heavy atom. The molecule has 0 unspecified atom stereocenters. The zero-order valence-corrected chi connectivity index (χ0v) is 12.9. The molecule has 0 spiro atoms. The Morgan fingerprint density at radius 3 is 2.48 bits per heavy atom. The molecule has 1 N–H and O–H groups in total. The third-order valence-corrected chi connectivity index (χ3v) is 3.25. The zero-order chi connectivity index (χ0) is 16.7. The Balaban J connectivity index is 1.88. The van der Waals surface area contributed by atoms with Gasteiger partial charge in [0.1, 0.15) is 5.75 Å². The lowest BCUT2D eigenvalue weighted by atomic mass is 10.1. The van der Waals surface area contributed by atoms with Gasteiger partial charge in [-0.05, 0) is 48.4 Å². The molecule has 3 nitrogen and oxygen atoms in total. The topological polar surface area (TPSA) is 38.3 Å². The van der Waals surface area contributed by atoms with Crippen LogP contribution in [0, 0.1) is 11.6 Å². The first-order valence-electron chi connectivity index (χ1n) is 7.55. The van der Waals surface area contributed by atoms with Gasteiger partial charge >= 0.3 is 0 Å². The van der Waals surface area contributed by atoms with Crippen molar-refractivity contribution in [2.45, 2.75) is 26.2 Å². The molecule has 2 rings (SSSR count). The Labute approximate surface area is 134 Å². The van der Waals surface area contributed by atoms with E-state index in [2.05, 4.69) is 12.2 Å². The summed E-state index contributed by atoms with van der Waals surface area (Å²) in [6.45, 7) is 2.76. The summed E-state index contributed by atoms with van der Waals surface area (Å²) in [5.74, 6) is -1.43. The molecule has 2 aromatic rings. The van der Waals surface area contributed by atoms with Crippen molar-refractivity contribution >= 4 is 11.6 Å². The van der Waals surface area contributed by atoms with Crippen molar-refractivity contribution in [1.82, 2.24) is 0 Å². The second kappa shape index (κ2) is 8.27. The maximum Gasteiger partial charge on any atom is 0.228 e. The molecule has 1 amide bonds. The first-order valence-corrected chi connectivity index (χ1v) is 7.55. The van der Waals surface area contributed by atoms with E-state index < -0.39 is 11.6 Å². The van der Waals surface area contributed by atoms with Gasteiger partial charge in [-0.15, -0.1) is 0 Å². The van der Waals surface area contributed by atoms with E-state index in [1.807, 2.05) is 0 Å². The molecule has 0 radical (unpaired) electrons. The van der Waals surface area contributed by atoms with E-state index >= 15 is 0 Å². The maximum atomic E-state index is 13.1. The van der Waals surface area contributed by atoms with E-state index in [-0.39, 0.29) is 12.3 Å². The summed E-state index contributed by atoms with van der Waals surface area (Å²) in [6.07, 6.45) is 2.04. The fourth-order valence-corrected chi connectivity index (χ4v) is 2.01. The van der Waals surface area contributed by atoms with Crippen LogP contribution in [0.3, 0.4) is 0 Å². The fourth-order valence-electron chi connectivity index (χ4n) is 2.01. The van der Waals surface area contributed by atoms with Gasteiger partial charge in [0.2, 0.25) is 5.91 Å². The van der Waals surface area contributed by atoms with Crippen molar-refractivity contribution < 1.29 is 18.3 Å². The molecular weight excluding hydrogens is 300 g/mol. The molecule has 23 heavy (non-hydrogen) atoms. The molecule has 0 fully saturated rings. The highest BCUT2D eigenvalue weighted by molar-refractivity contribution is 5.92. The third kappa shape index (κ3) is 5.36. The standard InChI is InChI=1S/C18H19F2NO2/c1-2-3-10-23-15-7-5-14(6-8-15)21-18(22)12-13-4-9-16(19)17(20)11-13/h4-9,11H,2-3,10,12H2,1H3,(H,21,22). The number of unbranched alkanes of at least 4 members (excludes halogenated alkanes) is 1. The van der Waals surface area contributed by atoms with Crippen LogP contribution in [0.2, 0.25) is 0 Å². The number of carbonyl (C=O) groups excluding carboxylic acids is 1. The van der Waals surface area contributed by atoms with Crippen LogP contribution in [0.1, 0.15) is 25.3 Å². The van der Waals surface area contributed by atoms with Crippen LogP contribution >= 0.6 is 0 Å². The molecular formula is C18H19F2NO2. The Bertz CT molecular complexity index is 657. The minimum atomic E-state index is -0.955. The monoisotopic (exact) mass is 319 g/mol. The number of ether oxygens (including phenoxy) is 1. The van der Waals surface area contributed by atoms with Crippen LogP contribution in [-0.4, -0.2) is 12.5 Å². The predicted octanol–water partition coefficient (Wildman–Crippen LogP) is 4.32.